The van der Waals surface area contributed by atoms with E-state index < -0.39 is 6.10 Å². The molecule has 0 aliphatic heterocycles. The molecule has 1 fully saturated rings. The van der Waals surface area contributed by atoms with Crippen LogP contribution in [-0.2, 0) is 0 Å². The molecule has 66 valence electrons. The summed E-state index contributed by atoms with van der Waals surface area (Å²) in [6, 6.07) is 0.652. The van der Waals surface area contributed by atoms with Crippen molar-refractivity contribution >= 4 is 11.3 Å². The minimum absolute atomic E-state index is 0.425. The third kappa shape index (κ3) is 2.03. The van der Waals surface area contributed by atoms with Gasteiger partial charge in [0.05, 0.1) is 0 Å². The number of aliphatic hydroxyl groups excluding tert-OH is 1. The topological polar surface area (TPSA) is 45.1 Å². The molecule has 0 spiro atoms. The number of hydrogen-bond acceptors (Lipinski definition) is 4. The zero-order chi connectivity index (χ0) is 8.39. The minimum Gasteiger partial charge on any atom is -0.385 e. The Labute approximate surface area is 75.5 Å². The summed E-state index contributed by atoms with van der Waals surface area (Å²) >= 11 is 1.50. The average molecular weight is 184 g/mol. The second-order valence-corrected chi connectivity index (χ2v) is 3.99. The van der Waals surface area contributed by atoms with E-state index in [-0.39, 0.29) is 0 Å². The molecule has 0 aromatic carbocycles. The smallest absolute Gasteiger partial charge is 0.122 e. The molecule has 1 saturated carbocycles. The van der Waals surface area contributed by atoms with Crippen LogP contribution >= 0.6 is 11.3 Å². The lowest BCUT2D eigenvalue weighted by atomic mass is 10.3. The van der Waals surface area contributed by atoms with Crippen molar-refractivity contribution in [2.75, 3.05) is 6.54 Å². The van der Waals surface area contributed by atoms with Gasteiger partial charge < -0.3 is 10.4 Å². The van der Waals surface area contributed by atoms with E-state index in [1.54, 1.807) is 6.20 Å². The molecule has 1 aliphatic carbocycles. The van der Waals surface area contributed by atoms with Crippen LogP contribution in [0.3, 0.4) is 0 Å². The number of aromatic nitrogens is 1. The molecule has 4 heteroatoms. The van der Waals surface area contributed by atoms with E-state index in [0.29, 0.717) is 12.6 Å². The van der Waals surface area contributed by atoms with Crippen LogP contribution in [0, 0.1) is 0 Å². The van der Waals surface area contributed by atoms with Gasteiger partial charge >= 0.3 is 0 Å². The third-order valence-electron chi connectivity index (χ3n) is 1.91. The van der Waals surface area contributed by atoms with Crippen LogP contribution in [-0.4, -0.2) is 22.7 Å². The number of aliphatic hydroxyl groups is 1. The molecule has 0 amide bonds. The molecule has 1 aliphatic rings. The Kier molecular flexibility index (Phi) is 2.39. The predicted molar refractivity (Wildman–Crippen MR) is 48.1 cm³/mol. The second-order valence-electron chi connectivity index (χ2n) is 3.07. The molecule has 1 aromatic heterocycles. The van der Waals surface area contributed by atoms with Crippen molar-refractivity contribution in [1.82, 2.24) is 10.3 Å². The van der Waals surface area contributed by atoms with Crippen LogP contribution in [0.4, 0.5) is 0 Å². The quantitative estimate of drug-likeness (QED) is 0.731. The summed E-state index contributed by atoms with van der Waals surface area (Å²) < 4.78 is 0. The fourth-order valence-corrected chi connectivity index (χ4v) is 1.68. The molecule has 3 nitrogen and oxygen atoms in total. The second kappa shape index (κ2) is 3.51. The van der Waals surface area contributed by atoms with Gasteiger partial charge in [-0.3, -0.25) is 0 Å². The lowest BCUT2D eigenvalue weighted by Crippen LogP contribution is -2.23. The summed E-state index contributed by atoms with van der Waals surface area (Å²) in [4.78, 5) is 4.04. The highest BCUT2D eigenvalue weighted by Crippen LogP contribution is 2.20. The first-order chi connectivity index (χ1) is 5.86. The number of nitrogens with zero attached hydrogens (tertiary/aromatic N) is 1. The van der Waals surface area contributed by atoms with Crippen molar-refractivity contribution in [3.63, 3.8) is 0 Å². The molecular weight excluding hydrogens is 172 g/mol. The van der Waals surface area contributed by atoms with E-state index >= 15 is 0 Å². The van der Waals surface area contributed by atoms with Gasteiger partial charge in [-0.05, 0) is 12.8 Å². The summed E-state index contributed by atoms with van der Waals surface area (Å²) in [5.41, 5.74) is 0. The first-order valence-corrected chi connectivity index (χ1v) is 5.05. The monoisotopic (exact) mass is 184 g/mol. The summed E-state index contributed by atoms with van der Waals surface area (Å²) in [6.07, 6.45) is 3.81. The van der Waals surface area contributed by atoms with Crippen LogP contribution in [0.5, 0.6) is 0 Å². The molecule has 1 aromatic rings. The Hall–Kier alpha value is -0.450. The van der Waals surface area contributed by atoms with Gasteiger partial charge in [-0.15, -0.1) is 11.3 Å². The molecule has 1 atom stereocenters. The standard InChI is InChI=1S/C8H12N2OS/c11-7(5-10-6-1-2-6)8-9-3-4-12-8/h3-4,6-7,10-11H,1-2,5H2. The zero-order valence-electron chi connectivity index (χ0n) is 6.73. The first kappa shape index (κ1) is 8.16. The summed E-state index contributed by atoms with van der Waals surface area (Å²) in [7, 11) is 0. The highest BCUT2D eigenvalue weighted by atomic mass is 32.1. The SMILES string of the molecule is OC(CNC1CC1)c1nccs1. The Bertz CT molecular complexity index is 233. The highest BCUT2D eigenvalue weighted by molar-refractivity contribution is 7.09. The van der Waals surface area contributed by atoms with E-state index in [0.717, 1.165) is 5.01 Å². The molecule has 12 heavy (non-hydrogen) atoms. The van der Waals surface area contributed by atoms with Crippen molar-refractivity contribution in [3.05, 3.63) is 16.6 Å². The van der Waals surface area contributed by atoms with Crippen molar-refractivity contribution < 1.29 is 5.11 Å². The largest absolute Gasteiger partial charge is 0.385 e. The minimum atomic E-state index is -0.425. The van der Waals surface area contributed by atoms with Gasteiger partial charge in [0.15, 0.2) is 0 Å². The summed E-state index contributed by atoms with van der Waals surface area (Å²) in [5, 5.41) is 15.5. The van der Waals surface area contributed by atoms with Crippen LogP contribution in [0.15, 0.2) is 11.6 Å². The fourth-order valence-electron chi connectivity index (χ4n) is 1.05. The molecular formula is C8H12N2OS. The fraction of sp³-hybridized carbons (Fsp3) is 0.625. The summed E-state index contributed by atoms with van der Waals surface area (Å²) in [5.74, 6) is 0. The Balaban J connectivity index is 1.79. The van der Waals surface area contributed by atoms with Crippen LogP contribution in [0.1, 0.15) is 24.0 Å². The van der Waals surface area contributed by atoms with Gasteiger partial charge in [-0.1, -0.05) is 0 Å². The molecule has 2 N–H and O–H groups in total. The molecule has 1 heterocycles. The normalized spacial score (nSPS) is 19.4. The highest BCUT2D eigenvalue weighted by Gasteiger charge is 2.22. The van der Waals surface area contributed by atoms with E-state index in [1.165, 1.54) is 24.2 Å². The number of rotatable bonds is 4. The first-order valence-electron chi connectivity index (χ1n) is 4.17. The third-order valence-corrected chi connectivity index (χ3v) is 2.79. The maximum atomic E-state index is 9.57. The van der Waals surface area contributed by atoms with Crippen molar-refractivity contribution in [2.45, 2.75) is 25.0 Å². The molecule has 0 bridgehead atoms. The Morgan fingerprint density at radius 2 is 2.58 bits per heavy atom. The number of nitrogens with one attached hydrogen (secondary N) is 1. The van der Waals surface area contributed by atoms with Gasteiger partial charge in [0.25, 0.3) is 0 Å². The number of thiazole rings is 1. The van der Waals surface area contributed by atoms with E-state index in [9.17, 15) is 5.11 Å². The zero-order valence-corrected chi connectivity index (χ0v) is 7.55. The van der Waals surface area contributed by atoms with Crippen LogP contribution in [0.25, 0.3) is 0 Å². The van der Waals surface area contributed by atoms with Crippen LogP contribution < -0.4 is 5.32 Å². The predicted octanol–water partition coefficient (Wildman–Crippen LogP) is 0.928. The maximum Gasteiger partial charge on any atom is 0.122 e. The van der Waals surface area contributed by atoms with E-state index in [4.69, 9.17) is 0 Å². The van der Waals surface area contributed by atoms with E-state index in [2.05, 4.69) is 10.3 Å². The molecule has 2 rings (SSSR count). The van der Waals surface area contributed by atoms with Crippen molar-refractivity contribution in [2.24, 2.45) is 0 Å². The lowest BCUT2D eigenvalue weighted by Gasteiger charge is -2.07. The van der Waals surface area contributed by atoms with Gasteiger partial charge in [0.1, 0.15) is 11.1 Å². The molecule has 0 saturated heterocycles. The van der Waals surface area contributed by atoms with Gasteiger partial charge in [0.2, 0.25) is 0 Å². The van der Waals surface area contributed by atoms with Gasteiger partial charge in [0, 0.05) is 24.2 Å². The lowest BCUT2D eigenvalue weighted by molar-refractivity contribution is 0.174. The van der Waals surface area contributed by atoms with Gasteiger partial charge in [-0.25, -0.2) is 4.98 Å². The molecule has 0 radical (unpaired) electrons. The Morgan fingerprint density at radius 3 is 3.17 bits per heavy atom. The summed E-state index contributed by atoms with van der Waals surface area (Å²) in [6.45, 7) is 0.637. The van der Waals surface area contributed by atoms with Crippen molar-refractivity contribution in [1.29, 1.82) is 0 Å². The van der Waals surface area contributed by atoms with Gasteiger partial charge in [-0.2, -0.15) is 0 Å². The van der Waals surface area contributed by atoms with Crippen molar-refractivity contribution in [3.8, 4) is 0 Å². The van der Waals surface area contributed by atoms with E-state index in [1.807, 2.05) is 5.38 Å². The molecule has 1 unspecified atom stereocenters. The number of hydrogen-bond donors (Lipinski definition) is 2. The van der Waals surface area contributed by atoms with Crippen LogP contribution in [0.2, 0.25) is 0 Å². The Morgan fingerprint density at radius 1 is 1.75 bits per heavy atom. The maximum absolute atomic E-state index is 9.57. The average Bonchev–Trinajstić information content (AvgIpc) is 2.74.